The molecule has 5 rings (SSSR count). The smallest absolute Gasteiger partial charge is 0.269 e. The van der Waals surface area contributed by atoms with Crippen LogP contribution in [-0.4, -0.2) is 78.9 Å². The molecule has 0 aromatic carbocycles. The third-order valence-electron chi connectivity index (χ3n) is 5.48. The monoisotopic (exact) mass is 409 g/mol. The zero-order valence-electron chi connectivity index (χ0n) is 15.2. The van der Waals surface area contributed by atoms with E-state index in [0.717, 1.165) is 18.7 Å². The van der Waals surface area contributed by atoms with Crippen molar-refractivity contribution in [2.75, 3.05) is 50.8 Å². The highest BCUT2D eigenvalue weighted by Crippen LogP contribution is 2.48. The molecule has 5 heterocycles. The first-order chi connectivity index (χ1) is 13.5. The number of nitrogens with zero attached hydrogens (tertiary/aromatic N) is 3. The van der Waals surface area contributed by atoms with Gasteiger partial charge in [0.2, 0.25) is 0 Å². The number of anilines is 1. The van der Waals surface area contributed by atoms with Crippen molar-refractivity contribution in [1.29, 1.82) is 0 Å². The Bertz CT molecular complexity index is 879. The summed E-state index contributed by atoms with van der Waals surface area (Å²) in [7, 11) is 0. The van der Waals surface area contributed by atoms with Crippen LogP contribution >= 0.6 is 11.3 Å². The number of alkyl halides is 2. The van der Waals surface area contributed by atoms with Gasteiger partial charge < -0.3 is 15.0 Å². The van der Waals surface area contributed by atoms with Crippen LogP contribution in [0.1, 0.15) is 15.2 Å². The van der Waals surface area contributed by atoms with E-state index in [-0.39, 0.29) is 24.9 Å². The third-order valence-corrected chi connectivity index (χ3v) is 6.75. The Morgan fingerprint density at radius 1 is 1.32 bits per heavy atom. The average Bonchev–Trinajstić information content (AvgIpc) is 3.26. The lowest BCUT2D eigenvalue weighted by Gasteiger charge is -2.37. The summed E-state index contributed by atoms with van der Waals surface area (Å²) in [6.45, 7) is 3.56. The van der Waals surface area contributed by atoms with Crippen LogP contribution in [0.2, 0.25) is 0 Å². The molecule has 0 spiro atoms. The van der Waals surface area contributed by atoms with Crippen LogP contribution in [0.25, 0.3) is 10.4 Å². The lowest BCUT2D eigenvalue weighted by Crippen LogP contribution is -2.52. The maximum atomic E-state index is 14.6. The number of ether oxygens (including phenoxy) is 1. The average molecular weight is 409 g/mol. The normalized spacial score (nSPS) is 24.6. The number of hydrogen-bond donors (Lipinski definition) is 2. The molecule has 2 aromatic heterocycles. The number of aromatic nitrogens is 2. The molecule has 7 nitrogen and oxygen atoms in total. The van der Waals surface area contributed by atoms with Crippen LogP contribution in [0.5, 0.6) is 0 Å². The summed E-state index contributed by atoms with van der Waals surface area (Å²) in [5.74, 6) is -3.01. The zero-order valence-corrected chi connectivity index (χ0v) is 16.0. The zero-order chi connectivity index (χ0) is 19.3. The van der Waals surface area contributed by atoms with Gasteiger partial charge in [-0.1, -0.05) is 0 Å². The van der Waals surface area contributed by atoms with Crippen molar-refractivity contribution in [2.45, 2.75) is 18.4 Å². The second kappa shape index (κ2) is 6.78. The predicted octanol–water partition coefficient (Wildman–Crippen LogP) is 1.58. The van der Waals surface area contributed by atoms with E-state index >= 15 is 0 Å². The Kier molecular flexibility index (Phi) is 4.37. The highest BCUT2D eigenvalue weighted by molar-refractivity contribution is 7.18. The molecule has 0 aliphatic carbocycles. The fourth-order valence-electron chi connectivity index (χ4n) is 4.31. The van der Waals surface area contributed by atoms with E-state index in [9.17, 15) is 13.6 Å². The Morgan fingerprint density at radius 3 is 2.89 bits per heavy atom. The number of rotatable bonds is 3. The van der Waals surface area contributed by atoms with Crippen LogP contribution in [0.4, 0.5) is 14.5 Å². The lowest BCUT2D eigenvalue weighted by atomic mass is 9.97. The van der Waals surface area contributed by atoms with Gasteiger partial charge in [0.1, 0.15) is 4.88 Å². The summed E-state index contributed by atoms with van der Waals surface area (Å²) in [4.78, 5) is 18.1. The second-order valence-electron chi connectivity index (χ2n) is 7.57. The van der Waals surface area contributed by atoms with Crippen LogP contribution < -0.4 is 10.2 Å². The Hall–Kier alpha value is -2.04. The molecule has 1 atom stereocenters. The summed E-state index contributed by atoms with van der Waals surface area (Å²) in [5, 5.41) is 9.72. The number of carbonyl (C=O) groups excluding carboxylic acids is 1. The number of hydrogen-bond acceptors (Lipinski definition) is 6. The van der Waals surface area contributed by atoms with Gasteiger partial charge in [0, 0.05) is 54.8 Å². The molecule has 2 aromatic rings. The maximum Gasteiger partial charge on any atom is 0.269 e. The van der Waals surface area contributed by atoms with Gasteiger partial charge >= 0.3 is 0 Å². The van der Waals surface area contributed by atoms with Crippen LogP contribution in [0, 0.1) is 0 Å². The lowest BCUT2D eigenvalue weighted by molar-refractivity contribution is 0.00483. The highest BCUT2D eigenvalue weighted by Gasteiger charge is 2.45. The number of carbonyl (C=O) groups is 1. The SMILES string of the molecule is O=C1N[C@H](CN2CCOCC2)CN2CC(F)(F)Cc3c(-c4cn[nH]c4)sc1c32. The molecule has 1 saturated heterocycles. The summed E-state index contributed by atoms with van der Waals surface area (Å²) in [6.07, 6.45) is 2.94. The topological polar surface area (TPSA) is 73.5 Å². The Labute approximate surface area is 164 Å². The molecule has 28 heavy (non-hydrogen) atoms. The van der Waals surface area contributed by atoms with Gasteiger partial charge in [0.25, 0.3) is 11.8 Å². The van der Waals surface area contributed by atoms with E-state index in [0.29, 0.717) is 47.3 Å². The first-order valence-electron chi connectivity index (χ1n) is 9.39. The first kappa shape index (κ1) is 18.0. The number of H-pyrrole nitrogens is 1. The Morgan fingerprint density at radius 2 is 2.14 bits per heavy atom. The van der Waals surface area contributed by atoms with Crippen LogP contribution in [-0.2, 0) is 11.2 Å². The van der Waals surface area contributed by atoms with Gasteiger partial charge in [0.05, 0.1) is 37.7 Å². The fourth-order valence-corrected chi connectivity index (χ4v) is 5.53. The number of nitrogens with one attached hydrogen (secondary N) is 2. The fraction of sp³-hybridized carbons (Fsp3) is 0.556. The number of amides is 1. The van der Waals surface area contributed by atoms with E-state index in [1.54, 1.807) is 17.3 Å². The van der Waals surface area contributed by atoms with E-state index in [4.69, 9.17) is 4.74 Å². The van der Waals surface area contributed by atoms with Gasteiger partial charge in [0.15, 0.2) is 0 Å². The number of morpholine rings is 1. The minimum atomic E-state index is -2.83. The maximum absolute atomic E-state index is 14.6. The largest absolute Gasteiger partial charge is 0.379 e. The summed E-state index contributed by atoms with van der Waals surface area (Å²) in [5.41, 5.74) is 1.97. The minimum Gasteiger partial charge on any atom is -0.379 e. The summed E-state index contributed by atoms with van der Waals surface area (Å²) < 4.78 is 34.6. The first-order valence-corrected chi connectivity index (χ1v) is 10.2. The van der Waals surface area contributed by atoms with Crippen molar-refractivity contribution in [2.24, 2.45) is 0 Å². The molecule has 0 saturated carbocycles. The summed E-state index contributed by atoms with van der Waals surface area (Å²) in [6, 6.07) is -0.204. The molecular weight excluding hydrogens is 388 g/mol. The van der Waals surface area contributed by atoms with E-state index in [2.05, 4.69) is 20.4 Å². The van der Waals surface area contributed by atoms with Gasteiger partial charge in [-0.2, -0.15) is 5.10 Å². The third kappa shape index (κ3) is 3.19. The molecule has 150 valence electrons. The molecule has 0 unspecified atom stereocenters. The van der Waals surface area contributed by atoms with Crippen molar-refractivity contribution in [3.8, 4) is 10.4 Å². The molecule has 10 heteroatoms. The van der Waals surface area contributed by atoms with E-state index in [1.165, 1.54) is 11.3 Å². The molecule has 3 aliphatic rings. The number of thiophene rings is 1. The standard InChI is InChI=1S/C18H21F2N5O2S/c19-18(20)5-13-14-16(28-15(13)11-6-21-22-7-11)17(26)23-12(9-25(14)10-18)8-24-1-3-27-4-2-24/h6-7,12H,1-5,8-10H2,(H,21,22)(H,23,26)/t12-/m1/s1. The van der Waals surface area contributed by atoms with Gasteiger partial charge in [-0.05, 0) is 0 Å². The van der Waals surface area contributed by atoms with E-state index in [1.807, 2.05) is 0 Å². The molecule has 1 amide bonds. The molecular formula is C18H21F2N5O2S. The predicted molar refractivity (Wildman–Crippen MR) is 101 cm³/mol. The summed E-state index contributed by atoms with van der Waals surface area (Å²) >= 11 is 1.28. The number of halogens is 2. The molecule has 0 radical (unpaired) electrons. The van der Waals surface area contributed by atoms with Crippen molar-refractivity contribution < 1.29 is 18.3 Å². The van der Waals surface area contributed by atoms with Gasteiger partial charge in [-0.25, -0.2) is 8.78 Å². The van der Waals surface area contributed by atoms with Crippen LogP contribution in [0.3, 0.4) is 0 Å². The highest BCUT2D eigenvalue weighted by atomic mass is 32.1. The van der Waals surface area contributed by atoms with Crippen molar-refractivity contribution in [3.63, 3.8) is 0 Å². The van der Waals surface area contributed by atoms with Crippen molar-refractivity contribution >= 4 is 22.9 Å². The number of aromatic amines is 1. The molecule has 1 fully saturated rings. The second-order valence-corrected chi connectivity index (χ2v) is 8.59. The Balaban J connectivity index is 1.50. The molecule has 2 N–H and O–H groups in total. The minimum absolute atomic E-state index is 0.179. The van der Waals surface area contributed by atoms with E-state index < -0.39 is 5.92 Å². The molecule has 0 bridgehead atoms. The van der Waals surface area contributed by atoms with Gasteiger partial charge in [-0.15, -0.1) is 11.3 Å². The van der Waals surface area contributed by atoms with Crippen molar-refractivity contribution in [3.05, 3.63) is 22.8 Å². The van der Waals surface area contributed by atoms with Crippen molar-refractivity contribution in [1.82, 2.24) is 20.4 Å². The molecule has 3 aliphatic heterocycles. The quantitative estimate of drug-likeness (QED) is 0.805. The van der Waals surface area contributed by atoms with Gasteiger partial charge in [-0.3, -0.25) is 14.8 Å². The van der Waals surface area contributed by atoms with Crippen LogP contribution in [0.15, 0.2) is 12.4 Å².